The molecule has 6 nitrogen and oxygen atoms in total. The number of morpholine rings is 1. The van der Waals surface area contributed by atoms with E-state index in [1.165, 1.54) is 23.5 Å². The zero-order valence-electron chi connectivity index (χ0n) is 15.3. The highest BCUT2D eigenvalue weighted by atomic mass is 35.5. The molecule has 4 rings (SSSR count). The van der Waals surface area contributed by atoms with Crippen LogP contribution < -0.4 is 4.90 Å². The van der Waals surface area contributed by atoms with Crippen molar-refractivity contribution in [1.29, 1.82) is 0 Å². The van der Waals surface area contributed by atoms with E-state index in [-0.39, 0.29) is 28.0 Å². The average molecular weight is 439 g/mol. The monoisotopic (exact) mass is 438 g/mol. The summed E-state index contributed by atoms with van der Waals surface area (Å²) in [7, 11) is -3.88. The molecular formula is C19H19ClN2O4S2. The Morgan fingerprint density at radius 2 is 1.82 bits per heavy atom. The van der Waals surface area contributed by atoms with Crippen LogP contribution in [0.4, 0.5) is 5.88 Å². The molecule has 0 spiro atoms. The van der Waals surface area contributed by atoms with E-state index in [9.17, 15) is 8.42 Å². The lowest BCUT2D eigenvalue weighted by Gasteiger charge is -2.35. The van der Waals surface area contributed by atoms with Gasteiger partial charge in [-0.05, 0) is 49.6 Å². The second-order valence-corrected chi connectivity index (χ2v) is 9.98. The van der Waals surface area contributed by atoms with Crippen molar-refractivity contribution in [3.05, 3.63) is 46.8 Å². The van der Waals surface area contributed by atoms with Gasteiger partial charge in [0.25, 0.3) is 0 Å². The Kier molecular flexibility index (Phi) is 5.22. The number of sulfone groups is 1. The van der Waals surface area contributed by atoms with Gasteiger partial charge < -0.3 is 14.1 Å². The van der Waals surface area contributed by atoms with Crippen molar-refractivity contribution in [2.24, 2.45) is 0 Å². The maximum absolute atomic E-state index is 13.3. The largest absolute Gasteiger partial charge is 0.418 e. The molecule has 0 aliphatic carbocycles. The number of hydrogen-bond acceptors (Lipinski definition) is 7. The number of anilines is 1. The molecule has 0 bridgehead atoms. The minimum Gasteiger partial charge on any atom is -0.418 e. The summed E-state index contributed by atoms with van der Waals surface area (Å²) >= 11 is 7.36. The van der Waals surface area contributed by atoms with Crippen LogP contribution in [0.5, 0.6) is 0 Å². The fourth-order valence-electron chi connectivity index (χ4n) is 3.25. The van der Waals surface area contributed by atoms with Crippen LogP contribution in [0.15, 0.2) is 56.1 Å². The number of oxazole rings is 1. The van der Waals surface area contributed by atoms with Crippen molar-refractivity contribution in [3.63, 3.8) is 0 Å². The second-order valence-electron chi connectivity index (χ2n) is 6.73. The molecule has 2 unspecified atom stereocenters. The van der Waals surface area contributed by atoms with Gasteiger partial charge in [-0.3, -0.25) is 0 Å². The van der Waals surface area contributed by atoms with Gasteiger partial charge in [0.2, 0.25) is 26.6 Å². The second kappa shape index (κ2) is 7.51. The normalized spacial score (nSPS) is 20.5. The molecule has 0 amide bonds. The molecule has 0 saturated carbocycles. The SMILES string of the molecule is CC1CN(c2oc(-c3cccs3)nc2S(=O)(=O)c2ccc(Cl)cc2)CC(C)O1. The predicted molar refractivity (Wildman–Crippen MR) is 109 cm³/mol. The zero-order chi connectivity index (χ0) is 19.9. The number of aromatic nitrogens is 1. The molecule has 1 aromatic carbocycles. The van der Waals surface area contributed by atoms with E-state index in [0.29, 0.717) is 24.0 Å². The number of nitrogens with zero attached hydrogens (tertiary/aromatic N) is 2. The van der Waals surface area contributed by atoms with Gasteiger partial charge in [0.1, 0.15) is 0 Å². The molecule has 28 heavy (non-hydrogen) atoms. The molecule has 3 aromatic rings. The highest BCUT2D eigenvalue weighted by Gasteiger charge is 2.34. The van der Waals surface area contributed by atoms with E-state index >= 15 is 0 Å². The Balaban J connectivity index is 1.84. The maximum Gasteiger partial charge on any atom is 0.240 e. The van der Waals surface area contributed by atoms with Gasteiger partial charge in [-0.2, -0.15) is 4.98 Å². The Hall–Kier alpha value is -1.87. The molecule has 2 aromatic heterocycles. The molecule has 1 aliphatic heterocycles. The average Bonchev–Trinajstić information content (AvgIpc) is 3.31. The van der Waals surface area contributed by atoms with Crippen molar-refractivity contribution >= 4 is 38.7 Å². The molecule has 0 N–H and O–H groups in total. The lowest BCUT2D eigenvalue weighted by Crippen LogP contribution is -2.45. The van der Waals surface area contributed by atoms with Crippen LogP contribution in [0.3, 0.4) is 0 Å². The Morgan fingerprint density at radius 3 is 2.43 bits per heavy atom. The first kappa shape index (κ1) is 19.4. The highest BCUT2D eigenvalue weighted by molar-refractivity contribution is 7.91. The van der Waals surface area contributed by atoms with Crippen LogP contribution in [0.25, 0.3) is 10.8 Å². The van der Waals surface area contributed by atoms with Gasteiger partial charge in [-0.1, -0.05) is 17.7 Å². The van der Waals surface area contributed by atoms with E-state index < -0.39 is 9.84 Å². The zero-order valence-corrected chi connectivity index (χ0v) is 17.7. The number of halogens is 1. The van der Waals surface area contributed by atoms with Crippen LogP contribution >= 0.6 is 22.9 Å². The standard InChI is InChI=1S/C19H19ClN2O4S2/c1-12-10-22(11-13(2)25-12)19-18(21-17(26-19)16-4-3-9-27-16)28(23,24)15-7-5-14(20)6-8-15/h3-9,12-13H,10-11H2,1-2H3. The van der Waals surface area contributed by atoms with Crippen molar-refractivity contribution < 1.29 is 17.6 Å². The van der Waals surface area contributed by atoms with Crippen LogP contribution in [0.2, 0.25) is 5.02 Å². The number of hydrogen-bond donors (Lipinski definition) is 0. The number of ether oxygens (including phenoxy) is 1. The fraction of sp³-hybridized carbons (Fsp3) is 0.316. The number of benzene rings is 1. The van der Waals surface area contributed by atoms with Crippen molar-refractivity contribution in [3.8, 4) is 10.8 Å². The Bertz CT molecular complexity index is 1050. The molecule has 3 heterocycles. The van der Waals surface area contributed by atoms with Crippen LogP contribution in [0, 0.1) is 0 Å². The summed E-state index contributed by atoms with van der Waals surface area (Å²) < 4.78 is 38.4. The Labute approximate surface area is 172 Å². The Morgan fingerprint density at radius 1 is 1.14 bits per heavy atom. The van der Waals surface area contributed by atoms with Crippen molar-refractivity contribution in [2.75, 3.05) is 18.0 Å². The third kappa shape index (κ3) is 3.69. The summed E-state index contributed by atoms with van der Waals surface area (Å²) in [6.45, 7) is 4.94. The van der Waals surface area contributed by atoms with Crippen molar-refractivity contribution in [1.82, 2.24) is 4.98 Å². The smallest absolute Gasteiger partial charge is 0.240 e. The summed E-state index contributed by atoms with van der Waals surface area (Å²) in [6, 6.07) is 9.77. The predicted octanol–water partition coefficient (Wildman–Crippen LogP) is 4.50. The molecule has 2 atom stereocenters. The molecular weight excluding hydrogens is 420 g/mol. The summed E-state index contributed by atoms with van der Waals surface area (Å²) in [6.07, 6.45) is -0.102. The fourth-order valence-corrected chi connectivity index (χ4v) is 5.34. The van der Waals surface area contributed by atoms with Gasteiger partial charge in [-0.15, -0.1) is 11.3 Å². The lowest BCUT2D eigenvalue weighted by atomic mass is 10.2. The summed E-state index contributed by atoms with van der Waals surface area (Å²) in [4.78, 5) is 7.18. The van der Waals surface area contributed by atoms with Gasteiger partial charge >= 0.3 is 0 Å². The molecule has 1 fully saturated rings. The summed E-state index contributed by atoms with van der Waals surface area (Å²) in [5.74, 6) is 0.546. The van der Waals surface area contributed by atoms with Crippen LogP contribution in [-0.4, -0.2) is 38.7 Å². The molecule has 1 aliphatic rings. The van der Waals surface area contributed by atoms with E-state index in [4.69, 9.17) is 20.8 Å². The van der Waals surface area contributed by atoms with E-state index in [0.717, 1.165) is 4.88 Å². The van der Waals surface area contributed by atoms with E-state index in [1.807, 2.05) is 36.3 Å². The summed E-state index contributed by atoms with van der Waals surface area (Å²) in [5.41, 5.74) is 0. The minimum atomic E-state index is -3.88. The quantitative estimate of drug-likeness (QED) is 0.597. The maximum atomic E-state index is 13.3. The first-order chi connectivity index (χ1) is 13.3. The molecule has 1 saturated heterocycles. The van der Waals surface area contributed by atoms with Crippen LogP contribution in [-0.2, 0) is 14.6 Å². The topological polar surface area (TPSA) is 72.6 Å². The molecule has 9 heteroatoms. The van der Waals surface area contributed by atoms with Crippen LogP contribution in [0.1, 0.15) is 13.8 Å². The van der Waals surface area contributed by atoms with Gasteiger partial charge in [0.15, 0.2) is 0 Å². The van der Waals surface area contributed by atoms with Crippen molar-refractivity contribution in [2.45, 2.75) is 36.0 Å². The molecule has 148 valence electrons. The van der Waals surface area contributed by atoms with Gasteiger partial charge in [0.05, 0.1) is 22.0 Å². The van der Waals surface area contributed by atoms with Gasteiger partial charge in [0, 0.05) is 18.1 Å². The first-order valence-electron chi connectivity index (χ1n) is 8.80. The number of thiophene rings is 1. The van der Waals surface area contributed by atoms with E-state index in [1.54, 1.807) is 12.1 Å². The van der Waals surface area contributed by atoms with Gasteiger partial charge in [-0.25, -0.2) is 8.42 Å². The third-order valence-electron chi connectivity index (χ3n) is 4.40. The first-order valence-corrected chi connectivity index (χ1v) is 11.5. The summed E-state index contributed by atoms with van der Waals surface area (Å²) in [5, 5.41) is 2.28. The third-order valence-corrected chi connectivity index (χ3v) is 7.17. The van der Waals surface area contributed by atoms with E-state index in [2.05, 4.69) is 4.98 Å². The minimum absolute atomic E-state index is 0.0508. The lowest BCUT2D eigenvalue weighted by molar-refractivity contribution is -0.00657. The highest BCUT2D eigenvalue weighted by Crippen LogP contribution is 2.37. The number of rotatable bonds is 4. The molecule has 0 radical (unpaired) electrons.